The van der Waals surface area contributed by atoms with Crippen LogP contribution in [0.4, 0.5) is 9.18 Å². The van der Waals surface area contributed by atoms with Gasteiger partial charge in [0.1, 0.15) is 11.8 Å². The summed E-state index contributed by atoms with van der Waals surface area (Å²) in [5.41, 5.74) is -0.538. The highest BCUT2D eigenvalue weighted by molar-refractivity contribution is 5.68. The molecule has 1 N–H and O–H groups in total. The van der Waals surface area contributed by atoms with Gasteiger partial charge in [-0.1, -0.05) is 0 Å². The summed E-state index contributed by atoms with van der Waals surface area (Å²) in [6.45, 7) is 6.44. The number of piperidine rings is 1. The molecule has 0 spiro atoms. The van der Waals surface area contributed by atoms with E-state index >= 15 is 0 Å². The van der Waals surface area contributed by atoms with Gasteiger partial charge in [-0.3, -0.25) is 0 Å². The van der Waals surface area contributed by atoms with Gasteiger partial charge in [0, 0.05) is 13.6 Å². The monoisotopic (exact) mass is 232 g/mol. The van der Waals surface area contributed by atoms with Crippen molar-refractivity contribution in [3.63, 3.8) is 0 Å². The number of nitrogens with zero attached hydrogens (tertiary/aromatic N) is 1. The molecule has 4 nitrogen and oxygen atoms in total. The quantitative estimate of drug-likeness (QED) is 0.746. The third-order valence-corrected chi connectivity index (χ3v) is 2.55. The number of amides is 1. The second-order valence-electron chi connectivity index (χ2n) is 5.17. The summed E-state index contributed by atoms with van der Waals surface area (Å²) in [5.74, 6) is 0. The van der Waals surface area contributed by atoms with E-state index in [9.17, 15) is 9.18 Å². The van der Waals surface area contributed by atoms with Gasteiger partial charge in [0.05, 0.1) is 6.04 Å². The van der Waals surface area contributed by atoms with Crippen LogP contribution in [0.2, 0.25) is 0 Å². The molecule has 2 unspecified atom stereocenters. The van der Waals surface area contributed by atoms with Crippen molar-refractivity contribution in [3.05, 3.63) is 0 Å². The van der Waals surface area contributed by atoms with E-state index in [1.165, 1.54) is 4.90 Å². The van der Waals surface area contributed by atoms with Gasteiger partial charge in [-0.2, -0.15) is 0 Å². The Bertz CT molecular complexity index is 253. The first kappa shape index (κ1) is 13.2. The molecule has 0 bridgehead atoms. The Balaban J connectivity index is 2.55. The second-order valence-corrected chi connectivity index (χ2v) is 5.17. The SMILES string of the molecule is CN(C(=O)OC(C)(C)C)C1CCNCC1F. The van der Waals surface area contributed by atoms with E-state index in [-0.39, 0.29) is 6.04 Å². The number of carbonyl (C=O) groups excluding carboxylic acids is 1. The highest BCUT2D eigenvalue weighted by Crippen LogP contribution is 2.17. The third kappa shape index (κ3) is 3.63. The average molecular weight is 232 g/mol. The predicted octanol–water partition coefficient (Wildman–Crippen LogP) is 1.55. The normalized spacial score (nSPS) is 26.3. The van der Waals surface area contributed by atoms with Crippen molar-refractivity contribution < 1.29 is 13.9 Å². The number of ether oxygens (including phenoxy) is 1. The van der Waals surface area contributed by atoms with Crippen LogP contribution in [0.1, 0.15) is 27.2 Å². The smallest absolute Gasteiger partial charge is 0.410 e. The molecule has 0 saturated carbocycles. The Morgan fingerprint density at radius 1 is 1.50 bits per heavy atom. The van der Waals surface area contributed by atoms with Crippen LogP contribution in [0.25, 0.3) is 0 Å². The van der Waals surface area contributed by atoms with Crippen molar-refractivity contribution in [1.29, 1.82) is 0 Å². The molecule has 0 aromatic heterocycles. The van der Waals surface area contributed by atoms with Gasteiger partial charge < -0.3 is 15.0 Å². The molecule has 16 heavy (non-hydrogen) atoms. The van der Waals surface area contributed by atoms with Crippen molar-refractivity contribution in [1.82, 2.24) is 10.2 Å². The zero-order chi connectivity index (χ0) is 12.3. The van der Waals surface area contributed by atoms with Gasteiger partial charge in [0.2, 0.25) is 0 Å². The lowest BCUT2D eigenvalue weighted by Gasteiger charge is -2.35. The van der Waals surface area contributed by atoms with Crippen LogP contribution in [0.5, 0.6) is 0 Å². The zero-order valence-corrected chi connectivity index (χ0v) is 10.4. The Hall–Kier alpha value is -0.840. The minimum Gasteiger partial charge on any atom is -0.444 e. The van der Waals surface area contributed by atoms with Crippen LogP contribution in [0.15, 0.2) is 0 Å². The number of carbonyl (C=O) groups is 1. The van der Waals surface area contributed by atoms with E-state index in [0.29, 0.717) is 13.0 Å². The standard InChI is InChI=1S/C11H21FN2O2/c1-11(2,3)16-10(15)14(4)9-5-6-13-7-8(9)12/h8-9,13H,5-7H2,1-4H3. The van der Waals surface area contributed by atoms with Crippen molar-refractivity contribution in [2.24, 2.45) is 0 Å². The maximum absolute atomic E-state index is 13.6. The molecule has 1 saturated heterocycles. The summed E-state index contributed by atoms with van der Waals surface area (Å²) >= 11 is 0. The van der Waals surface area contributed by atoms with Gasteiger partial charge in [-0.25, -0.2) is 9.18 Å². The van der Waals surface area contributed by atoms with E-state index in [1.54, 1.807) is 27.8 Å². The summed E-state index contributed by atoms with van der Waals surface area (Å²) in [4.78, 5) is 13.1. The zero-order valence-electron chi connectivity index (χ0n) is 10.4. The van der Waals surface area contributed by atoms with Crippen LogP contribution < -0.4 is 5.32 Å². The van der Waals surface area contributed by atoms with Crippen LogP contribution in [0, 0.1) is 0 Å². The van der Waals surface area contributed by atoms with Crippen LogP contribution in [0.3, 0.4) is 0 Å². The molecular formula is C11H21FN2O2. The molecule has 1 amide bonds. The van der Waals surface area contributed by atoms with E-state index in [4.69, 9.17) is 4.74 Å². The summed E-state index contributed by atoms with van der Waals surface area (Å²) in [7, 11) is 1.59. The highest BCUT2D eigenvalue weighted by Gasteiger charge is 2.32. The van der Waals surface area contributed by atoms with Gasteiger partial charge in [-0.15, -0.1) is 0 Å². The number of hydrogen-bond acceptors (Lipinski definition) is 3. The number of nitrogens with one attached hydrogen (secondary N) is 1. The maximum Gasteiger partial charge on any atom is 0.410 e. The molecule has 94 valence electrons. The fourth-order valence-electron chi connectivity index (χ4n) is 1.71. The Labute approximate surface area is 96.1 Å². The topological polar surface area (TPSA) is 41.6 Å². The van der Waals surface area contributed by atoms with Crippen LogP contribution in [-0.4, -0.2) is 48.9 Å². The first-order valence-corrected chi connectivity index (χ1v) is 5.62. The minimum atomic E-state index is -1.02. The molecule has 1 aliphatic rings. The maximum atomic E-state index is 13.6. The fourth-order valence-corrected chi connectivity index (χ4v) is 1.71. The van der Waals surface area contributed by atoms with E-state index in [2.05, 4.69) is 5.32 Å². The average Bonchev–Trinajstić information content (AvgIpc) is 2.15. The largest absolute Gasteiger partial charge is 0.444 e. The van der Waals surface area contributed by atoms with E-state index in [1.807, 2.05) is 0 Å². The number of halogens is 1. The minimum absolute atomic E-state index is 0.303. The molecule has 0 aromatic rings. The number of hydrogen-bond donors (Lipinski definition) is 1. The highest BCUT2D eigenvalue weighted by atomic mass is 19.1. The number of rotatable bonds is 1. The molecule has 0 radical (unpaired) electrons. The Morgan fingerprint density at radius 2 is 2.12 bits per heavy atom. The van der Waals surface area contributed by atoms with Gasteiger partial charge in [0.25, 0.3) is 0 Å². The third-order valence-electron chi connectivity index (χ3n) is 2.55. The Morgan fingerprint density at radius 3 is 2.62 bits per heavy atom. The van der Waals surface area contributed by atoms with Crippen molar-refractivity contribution in [3.8, 4) is 0 Å². The molecule has 5 heteroatoms. The summed E-state index contributed by atoms with van der Waals surface area (Å²) < 4.78 is 18.8. The lowest BCUT2D eigenvalue weighted by molar-refractivity contribution is 0.00924. The summed E-state index contributed by atoms with van der Waals surface area (Å²) in [6.07, 6.45) is -0.856. The first-order chi connectivity index (χ1) is 7.31. The second kappa shape index (κ2) is 4.99. The van der Waals surface area contributed by atoms with Crippen molar-refractivity contribution >= 4 is 6.09 Å². The van der Waals surface area contributed by atoms with Crippen LogP contribution >= 0.6 is 0 Å². The van der Waals surface area contributed by atoms with E-state index in [0.717, 1.165) is 6.54 Å². The van der Waals surface area contributed by atoms with Gasteiger partial charge >= 0.3 is 6.09 Å². The number of alkyl halides is 1. The van der Waals surface area contributed by atoms with Crippen molar-refractivity contribution in [2.45, 2.75) is 45.0 Å². The lowest BCUT2D eigenvalue weighted by atomic mass is 10.0. The summed E-state index contributed by atoms with van der Waals surface area (Å²) in [5, 5.41) is 2.95. The summed E-state index contributed by atoms with van der Waals surface area (Å²) in [6, 6.07) is -0.379. The van der Waals surface area contributed by atoms with Crippen LogP contribution in [-0.2, 0) is 4.74 Å². The predicted molar refractivity (Wildman–Crippen MR) is 60.2 cm³/mol. The van der Waals surface area contributed by atoms with Gasteiger partial charge in [0.15, 0.2) is 0 Å². The molecule has 0 aromatic carbocycles. The van der Waals surface area contributed by atoms with Gasteiger partial charge in [-0.05, 0) is 33.7 Å². The molecule has 1 heterocycles. The first-order valence-electron chi connectivity index (χ1n) is 5.62. The van der Waals surface area contributed by atoms with Crippen molar-refractivity contribution in [2.75, 3.05) is 20.1 Å². The molecule has 1 aliphatic heterocycles. The molecular weight excluding hydrogens is 211 g/mol. The Kier molecular flexibility index (Phi) is 4.13. The molecule has 1 rings (SSSR count). The lowest BCUT2D eigenvalue weighted by Crippen LogP contribution is -2.52. The molecule has 2 atom stereocenters. The fraction of sp³-hybridized carbons (Fsp3) is 0.909. The molecule has 1 fully saturated rings. The molecule has 0 aliphatic carbocycles. The van der Waals surface area contributed by atoms with E-state index < -0.39 is 17.9 Å².